The molecule has 3 heteroatoms. The summed E-state index contributed by atoms with van der Waals surface area (Å²) in [5, 5.41) is 9.71. The van der Waals surface area contributed by atoms with E-state index in [0.717, 1.165) is 25.1 Å². The van der Waals surface area contributed by atoms with Gasteiger partial charge in [-0.3, -0.25) is 4.99 Å². The minimum Gasteiger partial charge on any atom is -0.391 e. The van der Waals surface area contributed by atoms with Gasteiger partial charge in [-0.2, -0.15) is 0 Å². The lowest BCUT2D eigenvalue weighted by molar-refractivity contribution is 0.147. The summed E-state index contributed by atoms with van der Waals surface area (Å²) in [6.07, 6.45) is 4.71. The molecule has 1 heterocycles. The van der Waals surface area contributed by atoms with Gasteiger partial charge in [0, 0.05) is 13.1 Å². The van der Waals surface area contributed by atoms with Crippen LogP contribution in [0.15, 0.2) is 29.8 Å². The fraction of sp³-hybridized carbons (Fsp3) is 0.545. The SMILES string of the molecule is C=CCC(=C)CC(O)CN1C=NCC1. The number of hydrogen-bond acceptors (Lipinski definition) is 3. The Hall–Kier alpha value is -1.09. The van der Waals surface area contributed by atoms with Crippen molar-refractivity contribution >= 4 is 6.34 Å². The van der Waals surface area contributed by atoms with Crippen LogP contribution in [0, 0.1) is 0 Å². The molecule has 0 aliphatic carbocycles. The average Bonchev–Trinajstić information content (AvgIpc) is 2.56. The average molecular weight is 194 g/mol. The third-order valence-electron chi connectivity index (χ3n) is 2.16. The highest BCUT2D eigenvalue weighted by molar-refractivity contribution is 5.57. The fourth-order valence-electron chi connectivity index (χ4n) is 1.51. The molecule has 0 aromatic rings. The molecule has 3 nitrogen and oxygen atoms in total. The summed E-state index contributed by atoms with van der Waals surface area (Å²) in [4.78, 5) is 6.12. The third kappa shape index (κ3) is 3.75. The van der Waals surface area contributed by atoms with Crippen molar-refractivity contribution in [2.45, 2.75) is 18.9 Å². The molecule has 0 bridgehead atoms. The highest BCUT2D eigenvalue weighted by atomic mass is 16.3. The van der Waals surface area contributed by atoms with E-state index >= 15 is 0 Å². The first-order chi connectivity index (χ1) is 6.72. The molecule has 78 valence electrons. The number of aliphatic hydroxyl groups is 1. The molecule has 0 aromatic heterocycles. The quantitative estimate of drug-likeness (QED) is 0.645. The van der Waals surface area contributed by atoms with Gasteiger partial charge < -0.3 is 10.0 Å². The van der Waals surface area contributed by atoms with Crippen LogP contribution in [0.3, 0.4) is 0 Å². The van der Waals surface area contributed by atoms with Gasteiger partial charge in [-0.15, -0.1) is 6.58 Å². The zero-order valence-electron chi connectivity index (χ0n) is 8.52. The van der Waals surface area contributed by atoms with E-state index in [1.165, 1.54) is 0 Å². The fourth-order valence-corrected chi connectivity index (χ4v) is 1.51. The molecule has 0 aromatic carbocycles. The minimum absolute atomic E-state index is 0.341. The molecule has 1 rings (SSSR count). The van der Waals surface area contributed by atoms with Gasteiger partial charge in [-0.25, -0.2) is 0 Å². The largest absolute Gasteiger partial charge is 0.391 e. The van der Waals surface area contributed by atoms with E-state index in [1.807, 2.05) is 11.0 Å². The smallest absolute Gasteiger partial charge is 0.0852 e. The lowest BCUT2D eigenvalue weighted by atomic mass is 10.1. The first-order valence-corrected chi connectivity index (χ1v) is 4.92. The number of aliphatic imine (C=N–C) groups is 1. The van der Waals surface area contributed by atoms with Gasteiger partial charge in [0.2, 0.25) is 0 Å². The molecule has 1 unspecified atom stereocenters. The van der Waals surface area contributed by atoms with Crippen LogP contribution in [-0.4, -0.2) is 42.1 Å². The van der Waals surface area contributed by atoms with Crippen LogP contribution < -0.4 is 0 Å². The molecule has 0 spiro atoms. The number of nitrogens with zero attached hydrogens (tertiary/aromatic N) is 2. The van der Waals surface area contributed by atoms with Crippen LogP contribution in [0.25, 0.3) is 0 Å². The van der Waals surface area contributed by atoms with Gasteiger partial charge in [0.1, 0.15) is 0 Å². The zero-order valence-corrected chi connectivity index (χ0v) is 8.52. The molecule has 14 heavy (non-hydrogen) atoms. The second-order valence-corrected chi connectivity index (χ2v) is 3.62. The van der Waals surface area contributed by atoms with E-state index in [1.54, 1.807) is 6.34 Å². The van der Waals surface area contributed by atoms with Crippen molar-refractivity contribution in [2.75, 3.05) is 19.6 Å². The summed E-state index contributed by atoms with van der Waals surface area (Å²) in [6.45, 7) is 9.93. The van der Waals surface area contributed by atoms with E-state index in [9.17, 15) is 5.11 Å². The van der Waals surface area contributed by atoms with Crippen LogP contribution in [-0.2, 0) is 0 Å². The van der Waals surface area contributed by atoms with E-state index in [2.05, 4.69) is 18.2 Å². The van der Waals surface area contributed by atoms with Crippen LogP contribution >= 0.6 is 0 Å². The molecule has 0 saturated heterocycles. The van der Waals surface area contributed by atoms with Crippen molar-refractivity contribution in [3.05, 3.63) is 24.8 Å². The van der Waals surface area contributed by atoms with Crippen molar-refractivity contribution in [1.29, 1.82) is 0 Å². The van der Waals surface area contributed by atoms with Crippen LogP contribution in [0.5, 0.6) is 0 Å². The van der Waals surface area contributed by atoms with Crippen LogP contribution in [0.4, 0.5) is 0 Å². The first-order valence-electron chi connectivity index (χ1n) is 4.92. The van der Waals surface area contributed by atoms with Crippen molar-refractivity contribution < 1.29 is 5.11 Å². The van der Waals surface area contributed by atoms with E-state index in [4.69, 9.17) is 0 Å². The van der Waals surface area contributed by atoms with Crippen LogP contribution in [0.2, 0.25) is 0 Å². The van der Waals surface area contributed by atoms with E-state index in [0.29, 0.717) is 13.0 Å². The molecule has 0 fully saturated rings. The molecule has 0 radical (unpaired) electrons. The third-order valence-corrected chi connectivity index (χ3v) is 2.16. The number of β-amino-alcohol motifs (C(OH)–C–C–N with tert-alkyl or cyclic N) is 1. The molecule has 1 atom stereocenters. The van der Waals surface area contributed by atoms with Gasteiger partial charge in [0.25, 0.3) is 0 Å². The number of allylic oxidation sites excluding steroid dienone is 1. The molecule has 1 N–H and O–H groups in total. The Morgan fingerprint density at radius 3 is 3.07 bits per heavy atom. The van der Waals surface area contributed by atoms with Gasteiger partial charge in [0.05, 0.1) is 19.0 Å². The lowest BCUT2D eigenvalue weighted by Gasteiger charge is -2.18. The van der Waals surface area contributed by atoms with Gasteiger partial charge in [0.15, 0.2) is 0 Å². The highest BCUT2D eigenvalue weighted by Gasteiger charge is 2.12. The number of rotatable bonds is 6. The predicted molar refractivity (Wildman–Crippen MR) is 59.5 cm³/mol. The summed E-state index contributed by atoms with van der Waals surface area (Å²) in [7, 11) is 0. The summed E-state index contributed by atoms with van der Waals surface area (Å²) in [5.41, 5.74) is 1.03. The molecule has 1 aliphatic heterocycles. The second kappa shape index (κ2) is 5.60. The molecule has 1 aliphatic rings. The molecular formula is C11H18N2O. The standard InChI is InChI=1S/C11H18N2O/c1-3-4-10(2)7-11(14)8-13-6-5-12-9-13/h3,9,11,14H,1-2,4-8H2. The van der Waals surface area contributed by atoms with Crippen molar-refractivity contribution in [2.24, 2.45) is 4.99 Å². The maximum atomic E-state index is 9.71. The van der Waals surface area contributed by atoms with Crippen LogP contribution in [0.1, 0.15) is 12.8 Å². The summed E-state index contributed by atoms with van der Waals surface area (Å²) >= 11 is 0. The number of aliphatic hydroxyl groups excluding tert-OH is 1. The highest BCUT2D eigenvalue weighted by Crippen LogP contribution is 2.09. The maximum absolute atomic E-state index is 9.71. The van der Waals surface area contributed by atoms with Gasteiger partial charge in [-0.05, 0) is 12.8 Å². The number of hydrogen-bond donors (Lipinski definition) is 1. The monoisotopic (exact) mass is 194 g/mol. The van der Waals surface area contributed by atoms with E-state index < -0.39 is 0 Å². The normalized spacial score (nSPS) is 17.1. The van der Waals surface area contributed by atoms with Crippen molar-refractivity contribution in [3.63, 3.8) is 0 Å². The second-order valence-electron chi connectivity index (χ2n) is 3.62. The van der Waals surface area contributed by atoms with E-state index in [-0.39, 0.29) is 6.10 Å². The topological polar surface area (TPSA) is 35.8 Å². The Labute approximate surface area is 85.5 Å². The van der Waals surface area contributed by atoms with Gasteiger partial charge >= 0.3 is 0 Å². The zero-order chi connectivity index (χ0) is 10.4. The Morgan fingerprint density at radius 2 is 2.50 bits per heavy atom. The van der Waals surface area contributed by atoms with Crippen molar-refractivity contribution in [1.82, 2.24) is 4.90 Å². The summed E-state index contributed by atoms with van der Waals surface area (Å²) < 4.78 is 0. The Bertz CT molecular complexity index is 235. The Morgan fingerprint density at radius 1 is 1.71 bits per heavy atom. The molecule has 0 amide bonds. The Balaban J connectivity index is 2.20. The minimum atomic E-state index is -0.341. The Kier molecular flexibility index (Phi) is 4.40. The van der Waals surface area contributed by atoms with Gasteiger partial charge in [-0.1, -0.05) is 18.2 Å². The summed E-state index contributed by atoms with van der Waals surface area (Å²) in [5.74, 6) is 0. The summed E-state index contributed by atoms with van der Waals surface area (Å²) in [6, 6.07) is 0. The molecular weight excluding hydrogens is 176 g/mol. The van der Waals surface area contributed by atoms with Crippen molar-refractivity contribution in [3.8, 4) is 0 Å². The molecule has 0 saturated carbocycles. The predicted octanol–water partition coefficient (Wildman–Crippen LogP) is 1.21. The maximum Gasteiger partial charge on any atom is 0.0852 e. The lowest BCUT2D eigenvalue weighted by Crippen LogP contribution is -2.30. The first kappa shape index (κ1) is 11.0.